The van der Waals surface area contributed by atoms with E-state index in [1.165, 1.54) is 5.56 Å². The number of fused-ring (bicyclic) bond motifs is 1. The van der Waals surface area contributed by atoms with Crippen molar-refractivity contribution in [2.75, 3.05) is 13.1 Å². The molecule has 1 aliphatic heterocycles. The average Bonchev–Trinajstić information content (AvgIpc) is 3.13. The van der Waals surface area contributed by atoms with Crippen LogP contribution in [0.1, 0.15) is 18.4 Å². The van der Waals surface area contributed by atoms with Crippen LogP contribution in [0.5, 0.6) is 10.9 Å². The molecule has 7 nitrogen and oxygen atoms in total. The van der Waals surface area contributed by atoms with Crippen LogP contribution in [-0.2, 0) is 6.54 Å². The lowest BCUT2D eigenvalue weighted by atomic mass is 10.0. The fraction of sp³-hybridized carbons (Fsp3) is 0.300. The van der Waals surface area contributed by atoms with Crippen LogP contribution in [0.15, 0.2) is 53.5 Å². The molecule has 8 heteroatoms. The van der Waals surface area contributed by atoms with Gasteiger partial charge in [0.05, 0.1) is 16.3 Å². The normalized spacial score (nSPS) is 16.4. The van der Waals surface area contributed by atoms with Crippen molar-refractivity contribution in [3.8, 4) is 10.9 Å². The molecule has 146 valence electrons. The van der Waals surface area contributed by atoms with Crippen LogP contribution < -0.4 is 16.0 Å². The van der Waals surface area contributed by atoms with Gasteiger partial charge < -0.3 is 10.5 Å². The quantitative estimate of drug-likeness (QED) is 0.347. The number of benzene rings is 2. The Morgan fingerprint density at radius 3 is 2.68 bits per heavy atom. The summed E-state index contributed by atoms with van der Waals surface area (Å²) < 4.78 is 7.03. The molecule has 0 spiro atoms. The SMILES string of the molecule is NC(=NC1CCN(Cc2ccc(Oc3nc4ccccc4s3)cc2)CC1)NO. The molecule has 1 aromatic heterocycles. The number of thiazole rings is 1. The molecule has 1 saturated heterocycles. The number of hydroxylamine groups is 1. The van der Waals surface area contributed by atoms with Gasteiger partial charge >= 0.3 is 0 Å². The van der Waals surface area contributed by atoms with Crippen molar-refractivity contribution in [2.45, 2.75) is 25.4 Å². The van der Waals surface area contributed by atoms with E-state index in [0.717, 1.165) is 48.4 Å². The topological polar surface area (TPSA) is 96.0 Å². The summed E-state index contributed by atoms with van der Waals surface area (Å²) in [4.78, 5) is 11.2. The van der Waals surface area contributed by atoms with Crippen molar-refractivity contribution in [3.05, 3.63) is 54.1 Å². The van der Waals surface area contributed by atoms with Crippen LogP contribution in [0, 0.1) is 0 Å². The Morgan fingerprint density at radius 2 is 1.96 bits per heavy atom. The summed E-state index contributed by atoms with van der Waals surface area (Å²) in [6.45, 7) is 2.80. The summed E-state index contributed by atoms with van der Waals surface area (Å²) >= 11 is 1.55. The van der Waals surface area contributed by atoms with E-state index in [4.69, 9.17) is 15.7 Å². The zero-order valence-corrected chi connectivity index (χ0v) is 16.2. The van der Waals surface area contributed by atoms with Gasteiger partial charge in [0.25, 0.3) is 5.19 Å². The van der Waals surface area contributed by atoms with Crippen molar-refractivity contribution in [1.29, 1.82) is 0 Å². The first-order chi connectivity index (χ1) is 13.7. The van der Waals surface area contributed by atoms with Crippen LogP contribution in [0.25, 0.3) is 10.2 Å². The fourth-order valence-corrected chi connectivity index (χ4v) is 4.18. The maximum atomic E-state index is 8.73. The zero-order valence-electron chi connectivity index (χ0n) is 15.4. The number of aromatic nitrogens is 1. The number of nitrogens with two attached hydrogens (primary N) is 1. The van der Waals surface area contributed by atoms with Crippen molar-refractivity contribution in [1.82, 2.24) is 15.4 Å². The highest BCUT2D eigenvalue weighted by molar-refractivity contribution is 7.20. The van der Waals surface area contributed by atoms with Crippen LogP contribution in [0.2, 0.25) is 0 Å². The monoisotopic (exact) mass is 397 g/mol. The number of nitrogens with one attached hydrogen (secondary N) is 1. The van der Waals surface area contributed by atoms with E-state index in [-0.39, 0.29) is 12.0 Å². The first-order valence-corrected chi connectivity index (χ1v) is 10.1. The van der Waals surface area contributed by atoms with E-state index in [1.807, 2.05) is 41.9 Å². The van der Waals surface area contributed by atoms with Gasteiger partial charge in [-0.2, -0.15) is 0 Å². The third-order valence-corrected chi connectivity index (χ3v) is 5.72. The molecule has 0 amide bonds. The summed E-state index contributed by atoms with van der Waals surface area (Å²) in [6.07, 6.45) is 1.86. The summed E-state index contributed by atoms with van der Waals surface area (Å²) in [7, 11) is 0. The summed E-state index contributed by atoms with van der Waals surface area (Å²) in [5, 5.41) is 9.40. The number of hydrogen-bond donors (Lipinski definition) is 3. The van der Waals surface area contributed by atoms with Crippen LogP contribution in [0.4, 0.5) is 0 Å². The largest absolute Gasteiger partial charge is 0.431 e. The van der Waals surface area contributed by atoms with Crippen molar-refractivity contribution in [3.63, 3.8) is 0 Å². The molecule has 0 unspecified atom stereocenters. The predicted octanol–water partition coefficient (Wildman–Crippen LogP) is 3.35. The smallest absolute Gasteiger partial charge is 0.279 e. The third kappa shape index (κ3) is 4.59. The fourth-order valence-electron chi connectivity index (χ4n) is 3.35. The molecular weight excluding hydrogens is 374 g/mol. The molecule has 3 aromatic rings. The molecule has 4 rings (SSSR count). The number of piperidine rings is 1. The van der Waals surface area contributed by atoms with E-state index in [0.29, 0.717) is 5.19 Å². The molecule has 2 heterocycles. The highest BCUT2D eigenvalue weighted by Crippen LogP contribution is 2.31. The number of likely N-dealkylation sites (tertiary alicyclic amines) is 1. The van der Waals surface area contributed by atoms with Gasteiger partial charge in [-0.3, -0.25) is 10.1 Å². The van der Waals surface area contributed by atoms with E-state index in [2.05, 4.69) is 27.0 Å². The van der Waals surface area contributed by atoms with Gasteiger partial charge in [0.1, 0.15) is 5.75 Å². The molecule has 0 aliphatic carbocycles. The maximum absolute atomic E-state index is 8.73. The van der Waals surface area contributed by atoms with Gasteiger partial charge in [0.2, 0.25) is 5.96 Å². The third-order valence-electron chi connectivity index (χ3n) is 4.80. The lowest BCUT2D eigenvalue weighted by Gasteiger charge is -2.30. The highest BCUT2D eigenvalue weighted by atomic mass is 32.1. The Labute approximate surface area is 167 Å². The maximum Gasteiger partial charge on any atom is 0.279 e. The first-order valence-electron chi connectivity index (χ1n) is 9.28. The van der Waals surface area contributed by atoms with Gasteiger partial charge in [-0.25, -0.2) is 15.5 Å². The van der Waals surface area contributed by atoms with Crippen molar-refractivity contribution >= 4 is 27.5 Å². The zero-order chi connectivity index (χ0) is 19.3. The Bertz CT molecular complexity index is 916. The summed E-state index contributed by atoms with van der Waals surface area (Å²) in [5.41, 5.74) is 9.61. The van der Waals surface area contributed by atoms with Gasteiger partial charge in [-0.05, 0) is 42.7 Å². The molecule has 0 bridgehead atoms. The van der Waals surface area contributed by atoms with E-state index >= 15 is 0 Å². The van der Waals surface area contributed by atoms with Crippen molar-refractivity contribution < 1.29 is 9.94 Å². The Morgan fingerprint density at radius 1 is 1.21 bits per heavy atom. The second-order valence-corrected chi connectivity index (χ2v) is 7.82. The molecule has 28 heavy (non-hydrogen) atoms. The number of nitrogens with zero attached hydrogens (tertiary/aromatic N) is 3. The Hall–Kier alpha value is -2.68. The molecule has 2 aromatic carbocycles. The number of ether oxygens (including phenoxy) is 1. The number of hydrogen-bond acceptors (Lipinski definition) is 6. The minimum absolute atomic E-state index is 0.0853. The lowest BCUT2D eigenvalue weighted by Crippen LogP contribution is -2.37. The molecular formula is C20H23N5O2S. The van der Waals surface area contributed by atoms with Crippen LogP contribution in [-0.4, -0.2) is 40.2 Å². The van der Waals surface area contributed by atoms with Gasteiger partial charge in [-0.1, -0.05) is 35.6 Å². The molecule has 4 N–H and O–H groups in total. The molecule has 0 atom stereocenters. The summed E-state index contributed by atoms with van der Waals surface area (Å²) in [6, 6.07) is 16.4. The second-order valence-electron chi connectivity index (χ2n) is 6.83. The highest BCUT2D eigenvalue weighted by Gasteiger charge is 2.19. The Kier molecular flexibility index (Phi) is 5.70. The van der Waals surface area contributed by atoms with E-state index in [1.54, 1.807) is 11.3 Å². The van der Waals surface area contributed by atoms with Gasteiger partial charge in [-0.15, -0.1) is 0 Å². The number of rotatable bonds is 5. The molecule has 1 aliphatic rings. The molecule has 0 saturated carbocycles. The number of guanidine groups is 1. The van der Waals surface area contributed by atoms with E-state index in [9.17, 15) is 0 Å². The number of aliphatic imine (C=N–C) groups is 1. The van der Waals surface area contributed by atoms with Gasteiger partial charge in [0.15, 0.2) is 0 Å². The van der Waals surface area contributed by atoms with Crippen LogP contribution in [0.3, 0.4) is 0 Å². The average molecular weight is 398 g/mol. The first kappa shape index (κ1) is 18.7. The minimum Gasteiger partial charge on any atom is -0.431 e. The summed E-state index contributed by atoms with van der Waals surface area (Å²) in [5.74, 6) is 0.880. The molecule has 1 fully saturated rings. The minimum atomic E-state index is 0.0853. The van der Waals surface area contributed by atoms with Crippen molar-refractivity contribution in [2.24, 2.45) is 10.7 Å². The standard InChI is InChI=1S/C20H23N5O2S/c21-19(24-26)22-15-9-11-25(12-10-15)13-14-5-7-16(8-6-14)27-20-23-17-3-1-2-4-18(17)28-20/h1-8,15,26H,9-13H2,(H3,21,22,24). The number of para-hydroxylation sites is 1. The molecule has 0 radical (unpaired) electrons. The van der Waals surface area contributed by atoms with E-state index < -0.39 is 0 Å². The predicted molar refractivity (Wildman–Crippen MR) is 111 cm³/mol. The second kappa shape index (κ2) is 8.55. The lowest BCUT2D eigenvalue weighted by molar-refractivity contribution is 0.203. The Balaban J connectivity index is 1.31. The van der Waals surface area contributed by atoms with Crippen LogP contribution >= 0.6 is 11.3 Å². The van der Waals surface area contributed by atoms with Gasteiger partial charge in [0, 0.05) is 19.6 Å².